The summed E-state index contributed by atoms with van der Waals surface area (Å²) in [5.41, 5.74) is 2.01. The minimum atomic E-state index is -0.445. The second kappa shape index (κ2) is 7.79. The number of hydrogen-bond acceptors (Lipinski definition) is 7. The summed E-state index contributed by atoms with van der Waals surface area (Å²) in [5.74, 6) is 0.147. The van der Waals surface area contributed by atoms with Crippen LogP contribution in [0.2, 0.25) is 0 Å². The fraction of sp³-hybridized carbons (Fsp3) is 0.227. The number of ether oxygens (including phenoxy) is 1. The average molecular weight is 438 g/mol. The number of fused-ring (bicyclic) bond motifs is 2. The normalized spacial score (nSPS) is 16.5. The van der Waals surface area contributed by atoms with E-state index in [0.717, 1.165) is 13.0 Å². The molecule has 1 aliphatic heterocycles. The molecule has 1 aromatic carbocycles. The Morgan fingerprint density at radius 2 is 2.17 bits per heavy atom. The van der Waals surface area contributed by atoms with E-state index in [0.29, 0.717) is 28.8 Å². The number of benzene rings is 1. The van der Waals surface area contributed by atoms with E-state index in [2.05, 4.69) is 43.8 Å². The number of nitrogens with zero attached hydrogens (tertiary/aromatic N) is 2. The first-order chi connectivity index (χ1) is 14.6. The molecule has 0 radical (unpaired) electrons. The molecule has 0 saturated carbocycles. The highest BCUT2D eigenvalue weighted by atomic mass is 32.1. The smallest absolute Gasteiger partial charge is 0.337 e. The molecule has 0 aliphatic carbocycles. The molecule has 0 bridgehead atoms. The zero-order valence-corrected chi connectivity index (χ0v) is 17.9. The van der Waals surface area contributed by atoms with Crippen LogP contribution in [0.5, 0.6) is 0 Å². The topological polar surface area (TPSA) is 75.3 Å². The van der Waals surface area contributed by atoms with Crippen LogP contribution in [0, 0.1) is 0 Å². The van der Waals surface area contributed by atoms with Crippen molar-refractivity contribution in [3.8, 4) is 0 Å². The number of methoxy groups -OCH3 is 1. The Morgan fingerprint density at radius 3 is 2.97 bits per heavy atom. The first kappa shape index (κ1) is 19.2. The van der Waals surface area contributed by atoms with Gasteiger partial charge in [-0.1, -0.05) is 6.07 Å². The van der Waals surface area contributed by atoms with E-state index in [1.807, 2.05) is 0 Å². The molecule has 0 amide bonds. The lowest BCUT2D eigenvalue weighted by molar-refractivity contribution is 0.0601. The second-order valence-electron chi connectivity index (χ2n) is 7.17. The molecule has 3 aromatic heterocycles. The number of H-pyrrole nitrogens is 1. The highest BCUT2D eigenvalue weighted by molar-refractivity contribution is 7.10. The molecule has 4 heterocycles. The quantitative estimate of drug-likeness (QED) is 0.489. The lowest BCUT2D eigenvalue weighted by Crippen LogP contribution is -2.35. The first-order valence-corrected chi connectivity index (χ1v) is 11.3. The number of thiophene rings is 2. The van der Waals surface area contributed by atoms with Crippen LogP contribution in [0.3, 0.4) is 0 Å². The Morgan fingerprint density at radius 1 is 1.27 bits per heavy atom. The molecular formula is C22H19N3O3S2. The molecule has 0 fully saturated rings. The first-order valence-electron chi connectivity index (χ1n) is 9.59. The molecule has 0 spiro atoms. The van der Waals surface area contributed by atoms with E-state index in [1.165, 1.54) is 22.4 Å². The van der Waals surface area contributed by atoms with E-state index >= 15 is 0 Å². The maximum Gasteiger partial charge on any atom is 0.337 e. The van der Waals surface area contributed by atoms with Crippen LogP contribution < -0.4 is 5.56 Å². The number of hydrogen-bond donors (Lipinski definition) is 1. The van der Waals surface area contributed by atoms with Crippen molar-refractivity contribution in [3.05, 3.63) is 84.2 Å². The second-order valence-corrected chi connectivity index (χ2v) is 9.15. The Labute approximate surface area is 180 Å². The van der Waals surface area contributed by atoms with Crippen LogP contribution in [-0.4, -0.2) is 34.5 Å². The van der Waals surface area contributed by atoms with Crippen LogP contribution in [0.4, 0.5) is 0 Å². The minimum absolute atomic E-state index is 0.155. The largest absolute Gasteiger partial charge is 0.465 e. The number of carbonyl (C=O) groups is 1. The minimum Gasteiger partial charge on any atom is -0.465 e. The molecule has 5 rings (SSSR count). The third-order valence-corrected chi connectivity index (χ3v) is 7.33. The summed E-state index contributed by atoms with van der Waals surface area (Å²) in [6.07, 6.45) is 0.985. The van der Waals surface area contributed by atoms with Gasteiger partial charge in [0.25, 0.3) is 5.56 Å². The number of aromatic nitrogens is 2. The van der Waals surface area contributed by atoms with E-state index in [-0.39, 0.29) is 11.6 Å². The summed E-state index contributed by atoms with van der Waals surface area (Å²) in [4.78, 5) is 37.2. The van der Waals surface area contributed by atoms with Crippen LogP contribution in [-0.2, 0) is 17.7 Å². The third kappa shape index (κ3) is 3.36. The summed E-state index contributed by atoms with van der Waals surface area (Å²) in [6, 6.07) is 11.4. The van der Waals surface area contributed by atoms with Gasteiger partial charge < -0.3 is 9.72 Å². The van der Waals surface area contributed by atoms with Crippen molar-refractivity contribution in [2.75, 3.05) is 13.7 Å². The fourth-order valence-electron chi connectivity index (χ4n) is 4.02. The summed E-state index contributed by atoms with van der Waals surface area (Å²) >= 11 is 3.55. The van der Waals surface area contributed by atoms with Crippen molar-refractivity contribution in [3.63, 3.8) is 0 Å². The lowest BCUT2D eigenvalue weighted by Gasteiger charge is -2.35. The molecule has 30 heavy (non-hydrogen) atoms. The van der Waals surface area contributed by atoms with E-state index in [1.54, 1.807) is 40.9 Å². The maximum absolute atomic E-state index is 12.6. The standard InChI is InChI=1S/C22H19N3O3S2/c1-28-22(27)13-4-5-14-16(11-13)23-19(24-21(14)26)12-25-8-6-17-15(7-10-30-17)20(25)18-3-2-9-29-18/h2-5,7,9-11,20H,6,8,12H2,1H3,(H,23,24,26)/t20-/m0/s1. The summed E-state index contributed by atoms with van der Waals surface area (Å²) < 4.78 is 4.79. The van der Waals surface area contributed by atoms with Gasteiger partial charge in [0.1, 0.15) is 5.82 Å². The van der Waals surface area contributed by atoms with Gasteiger partial charge in [-0.05, 0) is 53.1 Å². The van der Waals surface area contributed by atoms with Gasteiger partial charge in [0.15, 0.2) is 0 Å². The van der Waals surface area contributed by atoms with Gasteiger partial charge in [0.2, 0.25) is 0 Å². The predicted octanol–water partition coefficient (Wildman–Crippen LogP) is 3.98. The van der Waals surface area contributed by atoms with Crippen LogP contribution in [0.25, 0.3) is 10.9 Å². The van der Waals surface area contributed by atoms with Gasteiger partial charge in [-0.3, -0.25) is 9.69 Å². The number of nitrogens with one attached hydrogen (secondary N) is 1. The number of aromatic amines is 1. The van der Waals surface area contributed by atoms with Crippen LogP contribution >= 0.6 is 22.7 Å². The van der Waals surface area contributed by atoms with Crippen LogP contribution in [0.15, 0.2) is 52.0 Å². The molecule has 1 atom stereocenters. The Hall–Kier alpha value is -2.81. The fourth-order valence-corrected chi connectivity index (χ4v) is 5.80. The molecule has 4 aromatic rings. The Balaban J connectivity index is 1.53. The van der Waals surface area contributed by atoms with Gasteiger partial charge in [0.05, 0.1) is 36.2 Å². The van der Waals surface area contributed by atoms with Gasteiger partial charge in [-0.25, -0.2) is 9.78 Å². The summed E-state index contributed by atoms with van der Waals surface area (Å²) in [6.45, 7) is 1.41. The predicted molar refractivity (Wildman–Crippen MR) is 118 cm³/mol. The zero-order valence-electron chi connectivity index (χ0n) is 16.3. The molecular weight excluding hydrogens is 418 g/mol. The lowest BCUT2D eigenvalue weighted by atomic mass is 9.98. The summed E-state index contributed by atoms with van der Waals surface area (Å²) in [7, 11) is 1.34. The maximum atomic E-state index is 12.6. The molecule has 0 saturated heterocycles. The van der Waals surface area contributed by atoms with Crippen molar-refractivity contribution in [2.24, 2.45) is 0 Å². The van der Waals surface area contributed by atoms with Gasteiger partial charge >= 0.3 is 5.97 Å². The van der Waals surface area contributed by atoms with Crippen molar-refractivity contribution in [2.45, 2.75) is 19.0 Å². The highest BCUT2D eigenvalue weighted by Crippen LogP contribution is 2.39. The molecule has 8 heteroatoms. The molecule has 0 unspecified atom stereocenters. The molecule has 1 N–H and O–H groups in total. The van der Waals surface area contributed by atoms with Crippen molar-refractivity contribution < 1.29 is 9.53 Å². The SMILES string of the molecule is COC(=O)c1ccc2c(=O)[nH]c(CN3CCc4sccc4[C@H]3c3cccs3)nc2c1. The van der Waals surface area contributed by atoms with Gasteiger partial charge in [0, 0.05) is 16.3 Å². The van der Waals surface area contributed by atoms with Crippen molar-refractivity contribution >= 4 is 39.5 Å². The monoisotopic (exact) mass is 437 g/mol. The number of carbonyl (C=O) groups excluding carboxylic acids is 1. The number of rotatable bonds is 4. The average Bonchev–Trinajstić information content (AvgIpc) is 3.44. The summed E-state index contributed by atoms with van der Waals surface area (Å²) in [5, 5.41) is 4.71. The Kier molecular flexibility index (Phi) is 4.98. The molecule has 6 nitrogen and oxygen atoms in total. The third-order valence-electron chi connectivity index (χ3n) is 5.41. The molecule has 1 aliphatic rings. The van der Waals surface area contributed by atoms with Crippen molar-refractivity contribution in [1.82, 2.24) is 14.9 Å². The van der Waals surface area contributed by atoms with E-state index in [9.17, 15) is 9.59 Å². The Bertz CT molecular complexity index is 1280. The van der Waals surface area contributed by atoms with E-state index < -0.39 is 5.97 Å². The van der Waals surface area contributed by atoms with E-state index in [4.69, 9.17) is 4.74 Å². The van der Waals surface area contributed by atoms with Crippen molar-refractivity contribution in [1.29, 1.82) is 0 Å². The number of esters is 1. The zero-order chi connectivity index (χ0) is 20.7. The molecule has 152 valence electrons. The van der Waals surface area contributed by atoms with Gasteiger partial charge in [-0.15, -0.1) is 22.7 Å². The highest BCUT2D eigenvalue weighted by Gasteiger charge is 2.30. The van der Waals surface area contributed by atoms with Crippen LogP contribution in [0.1, 0.15) is 37.5 Å². The van der Waals surface area contributed by atoms with Gasteiger partial charge in [-0.2, -0.15) is 0 Å².